The summed E-state index contributed by atoms with van der Waals surface area (Å²) in [5.74, 6) is -0.458. The molecule has 0 unspecified atom stereocenters. The number of anilines is 1. The Labute approximate surface area is 152 Å². The molecule has 0 fully saturated rings. The molecule has 2 heterocycles. The summed E-state index contributed by atoms with van der Waals surface area (Å²) in [4.78, 5) is 26.7. The van der Waals surface area contributed by atoms with Crippen LogP contribution in [0.1, 0.15) is 31.0 Å². The van der Waals surface area contributed by atoms with E-state index in [1.54, 1.807) is 12.1 Å². The van der Waals surface area contributed by atoms with Gasteiger partial charge in [0.05, 0.1) is 5.56 Å². The van der Waals surface area contributed by atoms with E-state index in [9.17, 15) is 22.8 Å². The van der Waals surface area contributed by atoms with E-state index in [1.165, 1.54) is 11.8 Å². The van der Waals surface area contributed by atoms with E-state index < -0.39 is 34.3 Å². The lowest BCUT2D eigenvalue weighted by Gasteiger charge is -2.27. The third kappa shape index (κ3) is 3.11. The molecular formula is C18H16ClF3N2O2. The fraction of sp³-hybridized carbons (Fsp3) is 0.333. The quantitative estimate of drug-likeness (QED) is 0.783. The predicted molar refractivity (Wildman–Crippen MR) is 92.5 cm³/mol. The lowest BCUT2D eigenvalue weighted by atomic mass is 10.1. The number of rotatable bonds is 2. The fourth-order valence-electron chi connectivity index (χ4n) is 3.23. The van der Waals surface area contributed by atoms with Crippen molar-refractivity contribution in [3.63, 3.8) is 0 Å². The molecule has 1 aliphatic heterocycles. The Balaban J connectivity index is 2.02. The topological polar surface area (TPSA) is 42.3 Å². The number of benzene rings is 1. The summed E-state index contributed by atoms with van der Waals surface area (Å²) in [5.41, 5.74) is -0.213. The second-order valence-corrected chi connectivity index (χ2v) is 6.76. The smallest absolute Gasteiger partial charge is 0.307 e. The molecule has 1 aliphatic rings. The average Bonchev–Trinajstić information content (AvgIpc) is 2.90. The minimum atomic E-state index is -4.67. The number of amides is 1. The van der Waals surface area contributed by atoms with Crippen molar-refractivity contribution in [3.8, 4) is 0 Å². The minimum Gasteiger partial charge on any atom is -0.307 e. The Kier molecular flexibility index (Phi) is 4.60. The average molecular weight is 385 g/mol. The van der Waals surface area contributed by atoms with Gasteiger partial charge in [0, 0.05) is 17.9 Å². The van der Waals surface area contributed by atoms with Gasteiger partial charge in [-0.3, -0.25) is 9.59 Å². The van der Waals surface area contributed by atoms with Crippen LogP contribution in [0.15, 0.2) is 41.3 Å². The van der Waals surface area contributed by atoms with E-state index in [0.29, 0.717) is 24.4 Å². The van der Waals surface area contributed by atoms with Gasteiger partial charge in [0.1, 0.15) is 11.1 Å². The summed E-state index contributed by atoms with van der Waals surface area (Å²) in [6.45, 7) is 3.25. The lowest BCUT2D eigenvalue weighted by molar-refractivity contribution is -0.138. The zero-order valence-corrected chi connectivity index (χ0v) is 14.8. The number of hydrogen-bond acceptors (Lipinski definition) is 2. The number of alkyl halides is 3. The van der Waals surface area contributed by atoms with Gasteiger partial charge in [-0.05, 0) is 38.0 Å². The van der Waals surface area contributed by atoms with Crippen molar-refractivity contribution >= 4 is 23.2 Å². The van der Waals surface area contributed by atoms with Crippen LogP contribution in [0, 0.1) is 0 Å². The summed E-state index contributed by atoms with van der Waals surface area (Å²) in [6.07, 6.45) is -3.38. The number of fused-ring (bicyclic) bond motifs is 1. The Hall–Kier alpha value is -2.28. The number of pyridine rings is 1. The van der Waals surface area contributed by atoms with E-state index in [1.807, 2.05) is 19.1 Å². The Morgan fingerprint density at radius 3 is 2.62 bits per heavy atom. The Morgan fingerprint density at radius 1 is 1.31 bits per heavy atom. The molecule has 2 aromatic rings. The second kappa shape index (κ2) is 6.46. The molecule has 138 valence electrons. The lowest BCUT2D eigenvalue weighted by Crippen LogP contribution is -2.42. The molecule has 1 amide bonds. The molecule has 2 atom stereocenters. The molecule has 1 aromatic carbocycles. The fourth-order valence-corrected chi connectivity index (χ4v) is 3.45. The number of aromatic nitrogens is 1. The van der Waals surface area contributed by atoms with Gasteiger partial charge in [0.15, 0.2) is 0 Å². The maximum Gasteiger partial charge on any atom is 0.417 e. The van der Waals surface area contributed by atoms with Gasteiger partial charge in [-0.15, -0.1) is 0 Å². The molecule has 0 aliphatic carbocycles. The Bertz CT molecular complexity index is 923. The summed E-state index contributed by atoms with van der Waals surface area (Å²) in [7, 11) is 0. The van der Waals surface area contributed by atoms with Gasteiger partial charge < -0.3 is 9.47 Å². The number of carbonyl (C=O) groups is 1. The molecule has 3 rings (SSSR count). The number of carbonyl (C=O) groups excluding carboxylic acids is 1. The Morgan fingerprint density at radius 2 is 1.96 bits per heavy atom. The van der Waals surface area contributed by atoms with Crippen LogP contribution in [0.3, 0.4) is 0 Å². The van der Waals surface area contributed by atoms with Gasteiger partial charge in [-0.1, -0.05) is 29.8 Å². The van der Waals surface area contributed by atoms with Crippen LogP contribution in [0.25, 0.3) is 0 Å². The van der Waals surface area contributed by atoms with E-state index in [-0.39, 0.29) is 6.04 Å². The summed E-state index contributed by atoms with van der Waals surface area (Å²) in [6, 6.07) is 6.62. The summed E-state index contributed by atoms with van der Waals surface area (Å²) >= 11 is 5.68. The van der Waals surface area contributed by atoms with Gasteiger partial charge in [-0.2, -0.15) is 13.2 Å². The third-order valence-electron chi connectivity index (χ3n) is 4.55. The predicted octanol–water partition coefficient (Wildman–Crippen LogP) is 4.06. The van der Waals surface area contributed by atoms with Crippen LogP contribution in [-0.2, 0) is 17.4 Å². The molecule has 0 spiro atoms. The third-order valence-corrected chi connectivity index (χ3v) is 4.82. The minimum absolute atomic E-state index is 0.153. The van der Waals surface area contributed by atoms with E-state index in [2.05, 4.69) is 0 Å². The molecule has 0 N–H and O–H groups in total. The first-order valence-electron chi connectivity index (χ1n) is 8.01. The van der Waals surface area contributed by atoms with Gasteiger partial charge >= 0.3 is 6.18 Å². The molecule has 0 saturated heterocycles. The molecule has 0 bridgehead atoms. The van der Waals surface area contributed by atoms with Crippen LogP contribution < -0.4 is 10.5 Å². The van der Waals surface area contributed by atoms with E-state index in [4.69, 9.17) is 11.6 Å². The van der Waals surface area contributed by atoms with Gasteiger partial charge in [0.25, 0.3) is 5.56 Å². The first-order chi connectivity index (χ1) is 12.1. The van der Waals surface area contributed by atoms with Crippen molar-refractivity contribution in [3.05, 3.63) is 63.0 Å². The van der Waals surface area contributed by atoms with Crippen molar-refractivity contribution < 1.29 is 18.0 Å². The number of hydrogen-bond donors (Lipinski definition) is 0. The number of para-hydroxylation sites is 1. The SMILES string of the molecule is C[C@H]1Cc2ccccc2N1C(=O)[C@H](C)n1cc(C(F)(F)F)cc(Cl)c1=O. The first kappa shape index (κ1) is 18.5. The highest BCUT2D eigenvalue weighted by molar-refractivity contribution is 6.30. The van der Waals surface area contributed by atoms with E-state index in [0.717, 1.165) is 10.1 Å². The van der Waals surface area contributed by atoms with Crippen molar-refractivity contribution in [2.45, 2.75) is 38.5 Å². The number of nitrogens with zero attached hydrogens (tertiary/aromatic N) is 2. The molecular weight excluding hydrogens is 369 g/mol. The number of halogens is 4. The highest BCUT2D eigenvalue weighted by atomic mass is 35.5. The highest BCUT2D eigenvalue weighted by Gasteiger charge is 2.36. The zero-order valence-electron chi connectivity index (χ0n) is 14.0. The maximum absolute atomic E-state index is 13.0. The summed E-state index contributed by atoms with van der Waals surface area (Å²) < 4.78 is 39.9. The largest absolute Gasteiger partial charge is 0.417 e. The zero-order chi connectivity index (χ0) is 19.2. The molecule has 26 heavy (non-hydrogen) atoms. The summed E-state index contributed by atoms with van der Waals surface area (Å²) in [5, 5.41) is -0.575. The van der Waals surface area contributed by atoms with Crippen LogP contribution in [0.2, 0.25) is 5.02 Å². The van der Waals surface area contributed by atoms with E-state index >= 15 is 0 Å². The maximum atomic E-state index is 13.0. The molecule has 4 nitrogen and oxygen atoms in total. The van der Waals surface area contributed by atoms with Crippen LogP contribution in [0.4, 0.5) is 18.9 Å². The normalized spacial score (nSPS) is 17.9. The molecule has 0 radical (unpaired) electrons. The highest BCUT2D eigenvalue weighted by Crippen LogP contribution is 2.34. The van der Waals surface area contributed by atoms with Crippen molar-refractivity contribution in [2.75, 3.05) is 4.90 Å². The van der Waals surface area contributed by atoms with Crippen LogP contribution in [-0.4, -0.2) is 16.5 Å². The molecule has 0 saturated carbocycles. The van der Waals surface area contributed by atoms with Crippen molar-refractivity contribution in [1.29, 1.82) is 0 Å². The molecule has 8 heteroatoms. The van der Waals surface area contributed by atoms with Crippen LogP contribution in [0.5, 0.6) is 0 Å². The monoisotopic (exact) mass is 384 g/mol. The standard InChI is InChI=1S/C18H16ClF3N2O2/c1-10-7-12-5-3-4-6-15(12)24(10)16(25)11(2)23-9-13(18(20,21)22)8-14(19)17(23)26/h3-6,8-11H,7H2,1-2H3/t10-,11-/m0/s1. The van der Waals surface area contributed by atoms with Gasteiger partial charge in [-0.25, -0.2) is 0 Å². The van der Waals surface area contributed by atoms with Gasteiger partial charge in [0.2, 0.25) is 5.91 Å². The first-order valence-corrected chi connectivity index (χ1v) is 8.39. The van der Waals surface area contributed by atoms with Crippen molar-refractivity contribution in [2.24, 2.45) is 0 Å². The van der Waals surface area contributed by atoms with Crippen molar-refractivity contribution in [1.82, 2.24) is 4.57 Å². The second-order valence-electron chi connectivity index (χ2n) is 6.35. The molecule has 1 aromatic heterocycles. The van der Waals surface area contributed by atoms with Crippen LogP contribution >= 0.6 is 11.6 Å².